The van der Waals surface area contributed by atoms with Gasteiger partial charge in [0.2, 0.25) is 0 Å². The number of nitrogens with zero attached hydrogens (tertiary/aromatic N) is 2. The van der Waals surface area contributed by atoms with Crippen LogP contribution in [0.2, 0.25) is 0 Å². The monoisotopic (exact) mass is 445 g/mol. The molecule has 3 heterocycles. The van der Waals surface area contributed by atoms with Crippen molar-refractivity contribution in [1.82, 2.24) is 9.55 Å². The summed E-state index contributed by atoms with van der Waals surface area (Å²) in [6.07, 6.45) is 2.44. The van der Waals surface area contributed by atoms with Crippen molar-refractivity contribution in [2.45, 2.75) is 32.7 Å². The summed E-state index contributed by atoms with van der Waals surface area (Å²) >= 11 is 1.28. The van der Waals surface area contributed by atoms with Crippen LogP contribution in [-0.4, -0.2) is 22.6 Å². The van der Waals surface area contributed by atoms with Crippen LogP contribution in [0.5, 0.6) is 5.75 Å². The molecule has 4 aromatic rings. The van der Waals surface area contributed by atoms with Gasteiger partial charge in [-0.2, -0.15) is 0 Å². The molecule has 0 aliphatic carbocycles. The minimum atomic E-state index is -0.231. The van der Waals surface area contributed by atoms with Crippen LogP contribution in [0.1, 0.15) is 38.6 Å². The second kappa shape index (κ2) is 8.24. The highest BCUT2D eigenvalue weighted by molar-refractivity contribution is 7.20. The second-order valence-electron chi connectivity index (χ2n) is 7.97. The highest BCUT2D eigenvalue weighted by Crippen LogP contribution is 2.30. The van der Waals surface area contributed by atoms with E-state index in [0.717, 1.165) is 35.5 Å². The van der Waals surface area contributed by atoms with Gasteiger partial charge in [0.15, 0.2) is 0 Å². The maximum absolute atomic E-state index is 13.1. The summed E-state index contributed by atoms with van der Waals surface area (Å²) < 4.78 is 7.26. The molecular weight excluding hydrogens is 422 g/mol. The first-order valence-electron chi connectivity index (χ1n) is 10.6. The van der Waals surface area contributed by atoms with Gasteiger partial charge in [-0.25, -0.2) is 4.98 Å². The highest BCUT2D eigenvalue weighted by Gasteiger charge is 2.23. The Balaban J connectivity index is 1.46. The van der Waals surface area contributed by atoms with Crippen LogP contribution in [0.3, 0.4) is 0 Å². The zero-order valence-electron chi connectivity index (χ0n) is 18.0. The number of aromatic nitrogens is 2. The van der Waals surface area contributed by atoms with Gasteiger partial charge in [0.1, 0.15) is 16.4 Å². The van der Waals surface area contributed by atoms with Gasteiger partial charge < -0.3 is 10.1 Å². The van der Waals surface area contributed by atoms with Gasteiger partial charge in [0.05, 0.1) is 17.4 Å². The number of benzene rings is 2. The average Bonchev–Trinajstić information content (AvgIpc) is 3.40. The van der Waals surface area contributed by atoms with Crippen LogP contribution in [0.25, 0.3) is 10.2 Å². The lowest BCUT2D eigenvalue weighted by Crippen LogP contribution is -2.20. The zero-order valence-corrected chi connectivity index (χ0v) is 18.8. The molecule has 0 spiro atoms. The summed E-state index contributed by atoms with van der Waals surface area (Å²) in [6, 6.07) is 15.8. The third-order valence-corrected chi connectivity index (χ3v) is 7.08. The van der Waals surface area contributed by atoms with Gasteiger partial charge in [0, 0.05) is 30.6 Å². The minimum absolute atomic E-state index is 0.0371. The van der Waals surface area contributed by atoms with E-state index in [1.807, 2.05) is 43.3 Å². The molecular formula is C25H23N3O3S. The molecule has 1 aliphatic rings. The predicted molar refractivity (Wildman–Crippen MR) is 127 cm³/mol. The number of aryl methyl sites for hydroxylation is 2. The molecule has 0 atom stereocenters. The third kappa shape index (κ3) is 3.58. The Kier molecular flexibility index (Phi) is 5.27. The molecule has 32 heavy (non-hydrogen) atoms. The van der Waals surface area contributed by atoms with Gasteiger partial charge in [-0.05, 0) is 42.7 Å². The van der Waals surface area contributed by atoms with Crippen molar-refractivity contribution in [3.8, 4) is 5.75 Å². The van der Waals surface area contributed by atoms with E-state index < -0.39 is 0 Å². The Morgan fingerprint density at radius 2 is 2.03 bits per heavy atom. The number of fused-ring (bicyclic) bond motifs is 2. The van der Waals surface area contributed by atoms with Crippen molar-refractivity contribution in [2.24, 2.45) is 0 Å². The fourth-order valence-corrected chi connectivity index (χ4v) is 5.38. The predicted octanol–water partition coefficient (Wildman–Crippen LogP) is 4.56. The Morgan fingerprint density at radius 1 is 1.22 bits per heavy atom. The molecule has 2 aromatic carbocycles. The Labute approximate surface area is 189 Å². The fourth-order valence-electron chi connectivity index (χ4n) is 4.29. The number of hydrogen-bond donors (Lipinski definition) is 1. The molecule has 1 aliphatic heterocycles. The minimum Gasteiger partial charge on any atom is -0.496 e. The van der Waals surface area contributed by atoms with Crippen molar-refractivity contribution in [1.29, 1.82) is 0 Å². The van der Waals surface area contributed by atoms with Crippen LogP contribution < -0.4 is 15.6 Å². The molecule has 0 radical (unpaired) electrons. The van der Waals surface area contributed by atoms with E-state index in [-0.39, 0.29) is 11.5 Å². The Morgan fingerprint density at radius 3 is 2.81 bits per heavy atom. The number of nitrogens with one attached hydrogen (secondary N) is 1. The summed E-state index contributed by atoms with van der Waals surface area (Å²) in [4.78, 5) is 31.9. The molecule has 6 nitrogen and oxygen atoms in total. The van der Waals surface area contributed by atoms with Crippen molar-refractivity contribution < 1.29 is 9.53 Å². The van der Waals surface area contributed by atoms with Gasteiger partial charge in [-0.1, -0.05) is 30.3 Å². The molecule has 5 rings (SSSR count). The number of thiophene rings is 1. The van der Waals surface area contributed by atoms with Gasteiger partial charge >= 0.3 is 0 Å². The average molecular weight is 446 g/mol. The molecule has 2 aromatic heterocycles. The first-order valence-corrected chi connectivity index (χ1v) is 11.4. The molecule has 7 heteroatoms. The van der Waals surface area contributed by atoms with E-state index in [1.54, 1.807) is 11.7 Å². The summed E-state index contributed by atoms with van der Waals surface area (Å²) in [5.41, 5.74) is 3.49. The normalized spacial score (nSPS) is 12.7. The Hall–Kier alpha value is -3.45. The van der Waals surface area contributed by atoms with Gasteiger partial charge in [-0.15, -0.1) is 11.3 Å². The van der Waals surface area contributed by atoms with Crippen LogP contribution in [0.15, 0.2) is 53.3 Å². The third-order valence-electron chi connectivity index (χ3n) is 5.89. The number of amides is 1. The van der Waals surface area contributed by atoms with Gasteiger partial charge in [-0.3, -0.25) is 14.2 Å². The molecule has 1 amide bonds. The van der Waals surface area contributed by atoms with E-state index >= 15 is 0 Å². The summed E-state index contributed by atoms with van der Waals surface area (Å²) in [5.74, 6) is 1.36. The van der Waals surface area contributed by atoms with Crippen molar-refractivity contribution in [2.75, 3.05) is 12.4 Å². The molecule has 0 unspecified atom stereocenters. The summed E-state index contributed by atoms with van der Waals surface area (Å²) in [5, 5.41) is 3.55. The highest BCUT2D eigenvalue weighted by atomic mass is 32.1. The first kappa shape index (κ1) is 20.5. The number of carbonyl (C=O) groups is 1. The number of rotatable bonds is 5. The summed E-state index contributed by atoms with van der Waals surface area (Å²) in [7, 11) is 1.64. The van der Waals surface area contributed by atoms with Crippen molar-refractivity contribution in [3.63, 3.8) is 0 Å². The fraction of sp³-hybridized carbons (Fsp3) is 0.240. The number of hydrogen-bond acceptors (Lipinski definition) is 5. The maximum Gasteiger partial charge on any atom is 0.266 e. The quantitative estimate of drug-likeness (QED) is 0.489. The number of anilines is 1. The molecule has 0 fully saturated rings. The van der Waals surface area contributed by atoms with Crippen molar-refractivity contribution >= 4 is 33.1 Å². The van der Waals surface area contributed by atoms with Crippen LogP contribution in [-0.2, 0) is 19.4 Å². The standard InChI is InChI=1S/C25H23N3O3S/c1-15-21-24(27-20-9-6-12-28(20)25(21)30)32-22(15)23(29)26-18-10-11-19(31-2)17(14-18)13-16-7-4-3-5-8-16/h3-5,7-8,10-11,14H,6,9,12-13H2,1-2H3,(H,26,29). The number of carbonyl (C=O) groups excluding carboxylic acids is 1. The van der Waals surface area contributed by atoms with Crippen LogP contribution >= 0.6 is 11.3 Å². The van der Waals surface area contributed by atoms with E-state index in [1.165, 1.54) is 11.3 Å². The lowest BCUT2D eigenvalue weighted by atomic mass is 10.0. The molecule has 1 N–H and O–H groups in total. The molecule has 0 saturated carbocycles. The maximum atomic E-state index is 13.1. The Bertz CT molecular complexity index is 1390. The van der Waals surface area contributed by atoms with Crippen molar-refractivity contribution in [3.05, 3.63) is 86.3 Å². The van der Waals surface area contributed by atoms with Crippen LogP contribution in [0.4, 0.5) is 5.69 Å². The second-order valence-corrected chi connectivity index (χ2v) is 8.97. The van der Waals surface area contributed by atoms with Gasteiger partial charge in [0.25, 0.3) is 11.5 Å². The van der Waals surface area contributed by atoms with E-state index in [4.69, 9.17) is 4.74 Å². The molecule has 0 bridgehead atoms. The smallest absolute Gasteiger partial charge is 0.266 e. The van der Waals surface area contributed by atoms with E-state index in [0.29, 0.717) is 39.3 Å². The topological polar surface area (TPSA) is 73.2 Å². The number of ether oxygens (including phenoxy) is 1. The molecule has 162 valence electrons. The largest absolute Gasteiger partial charge is 0.496 e. The number of methoxy groups -OCH3 is 1. The SMILES string of the molecule is COc1ccc(NC(=O)c2sc3nc4n(c(=O)c3c2C)CCC4)cc1Cc1ccccc1. The first-order chi connectivity index (χ1) is 15.5. The van der Waals surface area contributed by atoms with Crippen LogP contribution in [0, 0.1) is 6.92 Å². The molecule has 0 saturated heterocycles. The van der Waals surface area contributed by atoms with E-state index in [9.17, 15) is 9.59 Å². The summed E-state index contributed by atoms with van der Waals surface area (Å²) in [6.45, 7) is 2.53. The van der Waals surface area contributed by atoms with E-state index in [2.05, 4.69) is 22.4 Å². The lowest BCUT2D eigenvalue weighted by molar-refractivity contribution is 0.103. The zero-order chi connectivity index (χ0) is 22.2. The lowest BCUT2D eigenvalue weighted by Gasteiger charge is -2.12.